The molecular weight excluding hydrogens is 367 g/mol. The Balaban J connectivity index is 1.44. The maximum Gasteiger partial charge on any atom is 0.237 e. The number of nitrogens with one attached hydrogen (secondary N) is 1. The van der Waals surface area contributed by atoms with Crippen LogP contribution in [0.4, 0.5) is 4.39 Å². The van der Waals surface area contributed by atoms with Crippen molar-refractivity contribution in [3.05, 3.63) is 65.7 Å². The van der Waals surface area contributed by atoms with Crippen molar-refractivity contribution >= 4 is 16.9 Å². The summed E-state index contributed by atoms with van der Waals surface area (Å²) < 4.78 is 15.3. The van der Waals surface area contributed by atoms with Crippen LogP contribution in [-0.4, -0.2) is 32.9 Å². The summed E-state index contributed by atoms with van der Waals surface area (Å²) in [6, 6.07) is 14.4. The Kier molecular flexibility index (Phi) is 5.90. The Bertz CT molecular complexity index is 982. The third kappa shape index (κ3) is 4.32. The first-order valence-electron chi connectivity index (χ1n) is 10.4. The number of piperidine rings is 1. The lowest BCUT2D eigenvalue weighted by atomic mass is 10.0. The summed E-state index contributed by atoms with van der Waals surface area (Å²) in [5.41, 5.74) is 3.07. The Hall–Kier alpha value is -2.73. The van der Waals surface area contributed by atoms with Gasteiger partial charge in [-0.25, -0.2) is 9.37 Å². The molecule has 1 aliphatic heterocycles. The molecule has 5 nitrogen and oxygen atoms in total. The molecule has 1 aliphatic rings. The minimum Gasteiger partial charge on any atom is -0.348 e. The number of imidazole rings is 1. The average Bonchev–Trinajstić information content (AvgIpc) is 3.11. The second-order valence-corrected chi connectivity index (χ2v) is 7.59. The van der Waals surface area contributed by atoms with E-state index >= 15 is 0 Å². The van der Waals surface area contributed by atoms with Gasteiger partial charge in [-0.15, -0.1) is 0 Å². The zero-order chi connectivity index (χ0) is 20.2. The maximum atomic E-state index is 13.2. The van der Waals surface area contributed by atoms with Crippen molar-refractivity contribution in [2.45, 2.75) is 51.9 Å². The fourth-order valence-corrected chi connectivity index (χ4v) is 4.20. The quantitative estimate of drug-likeness (QED) is 0.691. The monoisotopic (exact) mass is 394 g/mol. The summed E-state index contributed by atoms with van der Waals surface area (Å²) in [6.45, 7) is 4.86. The van der Waals surface area contributed by atoms with E-state index in [1.807, 2.05) is 18.2 Å². The summed E-state index contributed by atoms with van der Waals surface area (Å²) in [5, 5.41) is 3.11. The van der Waals surface area contributed by atoms with E-state index in [1.54, 1.807) is 12.1 Å². The summed E-state index contributed by atoms with van der Waals surface area (Å²) >= 11 is 0. The number of hydrogen-bond donors (Lipinski definition) is 1. The second-order valence-electron chi connectivity index (χ2n) is 7.59. The largest absolute Gasteiger partial charge is 0.348 e. The van der Waals surface area contributed by atoms with Crippen molar-refractivity contribution in [3.8, 4) is 0 Å². The number of carbonyl (C=O) groups is 1. The molecule has 2 heterocycles. The van der Waals surface area contributed by atoms with Crippen molar-refractivity contribution in [2.24, 2.45) is 0 Å². The minimum absolute atomic E-state index is 0.0431. The van der Waals surface area contributed by atoms with Crippen molar-refractivity contribution < 1.29 is 9.18 Å². The van der Waals surface area contributed by atoms with Gasteiger partial charge in [-0.05, 0) is 56.1 Å². The molecule has 0 bridgehead atoms. The van der Waals surface area contributed by atoms with Gasteiger partial charge in [0.15, 0.2) is 0 Å². The van der Waals surface area contributed by atoms with E-state index in [9.17, 15) is 9.18 Å². The molecule has 1 saturated heterocycles. The van der Waals surface area contributed by atoms with Crippen LogP contribution in [0.25, 0.3) is 11.0 Å². The topological polar surface area (TPSA) is 50.2 Å². The average molecular weight is 394 g/mol. The van der Waals surface area contributed by atoms with Crippen LogP contribution in [0.3, 0.4) is 0 Å². The zero-order valence-electron chi connectivity index (χ0n) is 16.8. The van der Waals surface area contributed by atoms with Gasteiger partial charge in [-0.1, -0.05) is 30.7 Å². The Labute approximate surface area is 170 Å². The summed E-state index contributed by atoms with van der Waals surface area (Å²) in [4.78, 5) is 19.9. The van der Waals surface area contributed by atoms with Crippen LogP contribution in [0.5, 0.6) is 0 Å². The van der Waals surface area contributed by atoms with Gasteiger partial charge in [-0.2, -0.15) is 0 Å². The number of likely N-dealkylation sites (tertiary alicyclic amines) is 1. The summed E-state index contributed by atoms with van der Waals surface area (Å²) in [7, 11) is 0. The van der Waals surface area contributed by atoms with E-state index in [2.05, 4.69) is 27.8 Å². The third-order valence-corrected chi connectivity index (χ3v) is 5.69. The van der Waals surface area contributed by atoms with Crippen LogP contribution in [0, 0.1) is 5.82 Å². The van der Waals surface area contributed by atoms with Crippen LogP contribution in [-0.2, 0) is 24.4 Å². The number of nitrogens with zero attached hydrogens (tertiary/aromatic N) is 3. The van der Waals surface area contributed by atoms with Crippen LogP contribution in [0.2, 0.25) is 0 Å². The molecule has 1 unspecified atom stereocenters. The number of fused-ring (bicyclic) bond motifs is 1. The molecule has 2 aromatic carbocycles. The number of benzene rings is 2. The predicted molar refractivity (Wildman–Crippen MR) is 112 cm³/mol. The van der Waals surface area contributed by atoms with Gasteiger partial charge in [0.1, 0.15) is 11.6 Å². The number of carbonyl (C=O) groups excluding carboxylic acids is 1. The standard InChI is InChI=1S/C23H27FN4O/c1-2-28-20-8-4-3-7-19(20)26-22(28)15-25-23(29)21-9-5-6-14-27(21)16-17-10-12-18(24)13-11-17/h3-4,7-8,10-13,21H,2,5-6,9,14-16H2,1H3,(H,25,29). The number of rotatable bonds is 6. The van der Waals surface area contributed by atoms with Gasteiger partial charge < -0.3 is 9.88 Å². The van der Waals surface area contributed by atoms with E-state index in [4.69, 9.17) is 4.98 Å². The molecule has 0 radical (unpaired) electrons. The van der Waals surface area contributed by atoms with E-state index in [0.29, 0.717) is 13.1 Å². The van der Waals surface area contributed by atoms with E-state index < -0.39 is 0 Å². The molecule has 29 heavy (non-hydrogen) atoms. The first-order valence-corrected chi connectivity index (χ1v) is 10.4. The lowest BCUT2D eigenvalue weighted by Gasteiger charge is -2.34. The van der Waals surface area contributed by atoms with Crippen molar-refractivity contribution in [3.63, 3.8) is 0 Å². The van der Waals surface area contributed by atoms with Crippen LogP contribution in [0.1, 0.15) is 37.6 Å². The van der Waals surface area contributed by atoms with Crippen molar-refractivity contribution in [2.75, 3.05) is 6.54 Å². The maximum absolute atomic E-state index is 13.2. The number of halogens is 1. The fraction of sp³-hybridized carbons (Fsp3) is 0.391. The normalized spacial score (nSPS) is 17.5. The molecule has 152 valence electrons. The third-order valence-electron chi connectivity index (χ3n) is 5.69. The minimum atomic E-state index is -0.236. The van der Waals surface area contributed by atoms with Crippen LogP contribution in [0.15, 0.2) is 48.5 Å². The first-order chi connectivity index (χ1) is 14.2. The molecule has 0 spiro atoms. The number of para-hydroxylation sites is 2. The number of amides is 1. The number of aryl methyl sites for hydroxylation is 1. The predicted octanol–water partition coefficient (Wildman–Crippen LogP) is 3.87. The molecule has 0 aliphatic carbocycles. The second kappa shape index (κ2) is 8.74. The molecule has 1 fully saturated rings. The molecule has 1 atom stereocenters. The van der Waals surface area contributed by atoms with Gasteiger partial charge in [0.2, 0.25) is 5.91 Å². The lowest BCUT2D eigenvalue weighted by Crippen LogP contribution is -2.49. The Morgan fingerprint density at radius 1 is 1.17 bits per heavy atom. The number of aromatic nitrogens is 2. The van der Waals surface area contributed by atoms with Crippen LogP contribution >= 0.6 is 0 Å². The molecule has 3 aromatic rings. The molecule has 0 saturated carbocycles. The highest BCUT2D eigenvalue weighted by Crippen LogP contribution is 2.21. The lowest BCUT2D eigenvalue weighted by molar-refractivity contribution is -0.128. The molecule has 6 heteroatoms. The van der Waals surface area contributed by atoms with Gasteiger partial charge in [-0.3, -0.25) is 9.69 Å². The van der Waals surface area contributed by atoms with Crippen molar-refractivity contribution in [1.29, 1.82) is 0 Å². The van der Waals surface area contributed by atoms with Gasteiger partial charge >= 0.3 is 0 Å². The highest BCUT2D eigenvalue weighted by molar-refractivity contribution is 5.82. The highest BCUT2D eigenvalue weighted by atomic mass is 19.1. The number of hydrogen-bond acceptors (Lipinski definition) is 3. The SMILES string of the molecule is CCn1c(CNC(=O)C2CCCCN2Cc2ccc(F)cc2)nc2ccccc21. The summed E-state index contributed by atoms with van der Waals surface area (Å²) in [5.74, 6) is 0.685. The van der Waals surface area contributed by atoms with Crippen LogP contribution < -0.4 is 5.32 Å². The Morgan fingerprint density at radius 2 is 1.97 bits per heavy atom. The summed E-state index contributed by atoms with van der Waals surface area (Å²) in [6.07, 6.45) is 2.97. The van der Waals surface area contributed by atoms with Gasteiger partial charge in [0, 0.05) is 13.1 Å². The van der Waals surface area contributed by atoms with Gasteiger partial charge in [0.05, 0.1) is 23.6 Å². The molecule has 1 N–H and O–H groups in total. The van der Waals surface area contributed by atoms with Crippen molar-refractivity contribution in [1.82, 2.24) is 19.8 Å². The first kappa shape index (κ1) is 19.6. The van der Waals surface area contributed by atoms with E-state index in [0.717, 1.165) is 54.8 Å². The van der Waals surface area contributed by atoms with E-state index in [1.165, 1.54) is 12.1 Å². The highest BCUT2D eigenvalue weighted by Gasteiger charge is 2.28. The fourth-order valence-electron chi connectivity index (χ4n) is 4.20. The zero-order valence-corrected chi connectivity index (χ0v) is 16.8. The molecular formula is C23H27FN4O. The van der Waals surface area contributed by atoms with Gasteiger partial charge in [0.25, 0.3) is 0 Å². The van der Waals surface area contributed by atoms with E-state index in [-0.39, 0.29) is 17.8 Å². The Morgan fingerprint density at radius 3 is 2.76 bits per heavy atom. The smallest absolute Gasteiger partial charge is 0.237 e. The molecule has 4 rings (SSSR count). The molecule has 1 amide bonds. The molecule has 1 aromatic heterocycles.